The fourth-order valence-electron chi connectivity index (χ4n) is 2.69. The number of rotatable bonds is 7. The summed E-state index contributed by atoms with van der Waals surface area (Å²) in [5.41, 5.74) is 1.34. The van der Waals surface area contributed by atoms with E-state index in [0.717, 1.165) is 21.2 Å². The third kappa shape index (κ3) is 4.02. The zero-order valence-electron chi connectivity index (χ0n) is 15.0. The van der Waals surface area contributed by atoms with E-state index >= 15 is 0 Å². The van der Waals surface area contributed by atoms with E-state index in [1.54, 1.807) is 11.8 Å². The lowest BCUT2D eigenvalue weighted by molar-refractivity contribution is 0.0995. The normalized spacial score (nSPS) is 10.9. The minimum Gasteiger partial charge on any atom is -0.489 e. The fraction of sp³-hybridized carbons (Fsp3) is 0.150. The maximum atomic E-state index is 12.9. The van der Waals surface area contributed by atoms with E-state index in [4.69, 9.17) is 9.15 Å². The minimum absolute atomic E-state index is 0.219. The highest BCUT2D eigenvalue weighted by Crippen LogP contribution is 2.29. The molecule has 0 aliphatic rings. The van der Waals surface area contributed by atoms with E-state index in [-0.39, 0.29) is 18.3 Å². The molecule has 0 fully saturated rings. The molecule has 8 heteroatoms. The monoisotopic (exact) mass is 411 g/mol. The molecule has 0 bridgehead atoms. The summed E-state index contributed by atoms with van der Waals surface area (Å²) in [5, 5.41) is 12.1. The Balaban J connectivity index is 1.60. The van der Waals surface area contributed by atoms with Gasteiger partial charge >= 0.3 is 0 Å². The van der Waals surface area contributed by atoms with Crippen molar-refractivity contribution in [2.24, 2.45) is 0 Å². The van der Waals surface area contributed by atoms with E-state index in [2.05, 4.69) is 15.5 Å². The van der Waals surface area contributed by atoms with Crippen molar-refractivity contribution in [2.45, 2.75) is 17.9 Å². The van der Waals surface area contributed by atoms with Gasteiger partial charge in [-0.3, -0.25) is 10.1 Å². The summed E-state index contributed by atoms with van der Waals surface area (Å²) >= 11 is 2.92. The van der Waals surface area contributed by atoms with E-state index < -0.39 is 0 Å². The Morgan fingerprint density at radius 2 is 1.93 bits per heavy atom. The Hall–Kier alpha value is -2.84. The van der Waals surface area contributed by atoms with Gasteiger partial charge in [-0.15, -0.1) is 10.2 Å². The Bertz CT molecular complexity index is 1090. The van der Waals surface area contributed by atoms with Crippen LogP contribution in [0.3, 0.4) is 0 Å². The molecule has 2 heterocycles. The van der Waals surface area contributed by atoms with E-state index in [1.165, 1.54) is 11.3 Å². The van der Waals surface area contributed by atoms with E-state index in [9.17, 15) is 4.79 Å². The first-order valence-corrected chi connectivity index (χ1v) is 10.5. The van der Waals surface area contributed by atoms with E-state index in [1.807, 2.05) is 61.5 Å². The van der Waals surface area contributed by atoms with Crippen LogP contribution in [-0.2, 0) is 6.61 Å². The molecule has 2 aromatic heterocycles. The quantitative estimate of drug-likeness (QED) is 0.331. The van der Waals surface area contributed by atoms with Gasteiger partial charge in [-0.25, -0.2) is 0 Å². The van der Waals surface area contributed by atoms with Crippen molar-refractivity contribution in [1.82, 2.24) is 10.2 Å². The van der Waals surface area contributed by atoms with Gasteiger partial charge < -0.3 is 9.15 Å². The zero-order chi connectivity index (χ0) is 19.3. The maximum Gasteiger partial charge on any atom is 0.293 e. The smallest absolute Gasteiger partial charge is 0.293 e. The number of carbonyl (C=O) groups is 1. The van der Waals surface area contributed by atoms with Crippen molar-refractivity contribution in [1.29, 1.82) is 0 Å². The summed E-state index contributed by atoms with van der Waals surface area (Å²) in [6.07, 6.45) is 0. The molecule has 0 spiro atoms. The second-order valence-corrected chi connectivity index (χ2v) is 8.26. The van der Waals surface area contributed by atoms with Gasteiger partial charge in [0, 0.05) is 10.9 Å². The molecule has 1 N–H and O–H groups in total. The molecule has 142 valence electrons. The maximum absolute atomic E-state index is 12.9. The number of fused-ring (bicyclic) bond motifs is 1. The summed E-state index contributed by atoms with van der Waals surface area (Å²) in [6, 6.07) is 17.0. The molecule has 1 amide bonds. The molecule has 0 unspecified atom stereocenters. The lowest BCUT2D eigenvalue weighted by atomic mass is 10.1. The largest absolute Gasteiger partial charge is 0.489 e. The number of benzene rings is 2. The average Bonchev–Trinajstić information content (AvgIpc) is 3.31. The summed E-state index contributed by atoms with van der Waals surface area (Å²) in [7, 11) is 0. The SMILES string of the molecule is CCSc1nnc(NC(=O)c2oc3ccccc3c2COc2ccccc2)s1. The number of nitrogens with one attached hydrogen (secondary N) is 1. The lowest BCUT2D eigenvalue weighted by Crippen LogP contribution is -2.13. The van der Waals surface area contributed by atoms with E-state index in [0.29, 0.717) is 16.3 Å². The number of nitrogens with zero attached hydrogens (tertiary/aromatic N) is 2. The number of hydrogen-bond donors (Lipinski definition) is 1. The van der Waals surface area contributed by atoms with Crippen LogP contribution >= 0.6 is 23.1 Å². The second-order valence-electron chi connectivity index (χ2n) is 5.77. The predicted octanol–water partition coefficient (Wildman–Crippen LogP) is 5.23. The van der Waals surface area contributed by atoms with Crippen LogP contribution in [-0.4, -0.2) is 21.9 Å². The number of furan rings is 1. The molecule has 0 radical (unpaired) electrons. The Morgan fingerprint density at radius 1 is 1.14 bits per heavy atom. The summed E-state index contributed by atoms with van der Waals surface area (Å²) in [4.78, 5) is 12.9. The highest BCUT2D eigenvalue weighted by molar-refractivity contribution is 8.01. The average molecular weight is 412 g/mol. The summed E-state index contributed by atoms with van der Waals surface area (Å²) in [5.74, 6) is 1.47. The lowest BCUT2D eigenvalue weighted by Gasteiger charge is -2.06. The third-order valence-electron chi connectivity index (χ3n) is 3.93. The van der Waals surface area contributed by atoms with Gasteiger partial charge in [-0.1, -0.05) is 66.4 Å². The number of para-hydroxylation sites is 2. The molecule has 2 aromatic carbocycles. The van der Waals surface area contributed by atoms with Crippen LogP contribution in [0.5, 0.6) is 5.75 Å². The molecular formula is C20H17N3O3S2. The molecule has 28 heavy (non-hydrogen) atoms. The number of thioether (sulfide) groups is 1. The van der Waals surface area contributed by atoms with Crippen LogP contribution in [0.4, 0.5) is 5.13 Å². The molecule has 0 saturated carbocycles. The van der Waals surface area contributed by atoms with Crippen molar-refractivity contribution in [2.75, 3.05) is 11.1 Å². The Morgan fingerprint density at radius 3 is 2.75 bits per heavy atom. The van der Waals surface area contributed by atoms with Crippen LogP contribution in [0.15, 0.2) is 63.4 Å². The first-order valence-electron chi connectivity index (χ1n) is 8.70. The van der Waals surface area contributed by atoms with Crippen molar-refractivity contribution >= 4 is 45.1 Å². The van der Waals surface area contributed by atoms with Gasteiger partial charge in [0.2, 0.25) is 5.13 Å². The predicted molar refractivity (Wildman–Crippen MR) is 111 cm³/mol. The number of anilines is 1. The highest BCUT2D eigenvalue weighted by Gasteiger charge is 2.22. The molecule has 0 aliphatic heterocycles. The second kappa shape index (κ2) is 8.45. The molecule has 4 aromatic rings. The fourth-order valence-corrected chi connectivity index (χ4v) is 4.34. The number of aromatic nitrogens is 2. The van der Waals surface area contributed by atoms with Crippen molar-refractivity contribution in [3.63, 3.8) is 0 Å². The van der Waals surface area contributed by atoms with Gasteiger partial charge in [0.1, 0.15) is 17.9 Å². The van der Waals surface area contributed by atoms with Gasteiger partial charge in [-0.05, 0) is 24.0 Å². The Labute approximate surface area is 169 Å². The first kappa shape index (κ1) is 18.5. The minimum atomic E-state index is -0.368. The van der Waals surface area contributed by atoms with Crippen molar-refractivity contribution < 1.29 is 13.9 Å². The van der Waals surface area contributed by atoms with Gasteiger partial charge in [0.15, 0.2) is 10.1 Å². The van der Waals surface area contributed by atoms with Crippen LogP contribution in [0, 0.1) is 0 Å². The number of carbonyl (C=O) groups excluding carboxylic acids is 1. The van der Waals surface area contributed by atoms with Crippen LogP contribution < -0.4 is 10.1 Å². The van der Waals surface area contributed by atoms with Gasteiger partial charge in [-0.2, -0.15) is 0 Å². The molecule has 0 atom stereocenters. The van der Waals surface area contributed by atoms with Crippen molar-refractivity contribution in [3.05, 3.63) is 65.9 Å². The van der Waals surface area contributed by atoms with Crippen LogP contribution in [0.2, 0.25) is 0 Å². The number of hydrogen-bond acceptors (Lipinski definition) is 7. The summed E-state index contributed by atoms with van der Waals surface area (Å²) in [6.45, 7) is 2.26. The molecule has 0 aliphatic carbocycles. The standard InChI is InChI=1S/C20H17N3O3S2/c1-2-27-20-23-22-19(28-20)21-18(24)17-15(12-25-13-8-4-3-5-9-13)14-10-6-7-11-16(14)26-17/h3-11H,2,12H2,1H3,(H,21,22,24). The summed E-state index contributed by atoms with van der Waals surface area (Å²) < 4.78 is 12.5. The molecule has 0 saturated heterocycles. The van der Waals surface area contributed by atoms with Gasteiger partial charge in [0.25, 0.3) is 5.91 Å². The topological polar surface area (TPSA) is 77.3 Å². The van der Waals surface area contributed by atoms with Crippen LogP contribution in [0.25, 0.3) is 11.0 Å². The third-order valence-corrected chi connectivity index (χ3v) is 5.78. The molecule has 6 nitrogen and oxygen atoms in total. The molecular weight excluding hydrogens is 394 g/mol. The van der Waals surface area contributed by atoms with Crippen molar-refractivity contribution in [3.8, 4) is 5.75 Å². The first-order chi connectivity index (χ1) is 13.7. The number of amides is 1. The molecule has 4 rings (SSSR count). The highest BCUT2D eigenvalue weighted by atomic mass is 32.2. The van der Waals surface area contributed by atoms with Gasteiger partial charge in [0.05, 0.1) is 0 Å². The van der Waals surface area contributed by atoms with Crippen LogP contribution in [0.1, 0.15) is 23.0 Å². The Kier molecular flexibility index (Phi) is 5.59. The number of ether oxygens (including phenoxy) is 1. The zero-order valence-corrected chi connectivity index (χ0v) is 16.7.